The molecule has 1 saturated heterocycles. The van der Waals surface area contributed by atoms with E-state index in [9.17, 15) is 0 Å². The lowest BCUT2D eigenvalue weighted by Crippen LogP contribution is -2.38. The van der Waals surface area contributed by atoms with Crippen LogP contribution in [0, 0.1) is 6.92 Å². The van der Waals surface area contributed by atoms with E-state index in [1.165, 1.54) is 12.8 Å². The smallest absolute Gasteiger partial charge is 0.137 e. The van der Waals surface area contributed by atoms with Crippen LogP contribution in [0.5, 0.6) is 0 Å². The fraction of sp³-hybridized carbons (Fsp3) is 0.714. The summed E-state index contributed by atoms with van der Waals surface area (Å²) in [5.41, 5.74) is 7.03. The van der Waals surface area contributed by atoms with E-state index in [1.807, 2.05) is 6.92 Å². The number of aromatic nitrogens is 2. The molecule has 1 aliphatic heterocycles. The predicted octanol–water partition coefficient (Wildman–Crippen LogP) is 1.86. The van der Waals surface area contributed by atoms with Crippen molar-refractivity contribution >= 4 is 11.6 Å². The number of likely N-dealkylation sites (N-methyl/N-ethyl adjacent to an activating group) is 1. The summed E-state index contributed by atoms with van der Waals surface area (Å²) in [5, 5.41) is 0. The molecule has 19 heavy (non-hydrogen) atoms. The molecule has 104 valence electrons. The minimum atomic E-state index is 0.241. The van der Waals surface area contributed by atoms with Crippen LogP contribution in [0.15, 0.2) is 0 Å². The first-order valence-corrected chi connectivity index (χ1v) is 7.06. The highest BCUT2D eigenvalue weighted by atomic mass is 16.5. The Hall–Kier alpha value is -1.36. The maximum Gasteiger partial charge on any atom is 0.137 e. The molecule has 2 atom stereocenters. The van der Waals surface area contributed by atoms with Crippen molar-refractivity contribution in [3.63, 3.8) is 0 Å². The first-order valence-electron chi connectivity index (χ1n) is 7.06. The van der Waals surface area contributed by atoms with E-state index in [1.54, 1.807) is 0 Å². The summed E-state index contributed by atoms with van der Waals surface area (Å²) >= 11 is 0. The van der Waals surface area contributed by atoms with Crippen molar-refractivity contribution in [3.8, 4) is 0 Å². The highest BCUT2D eigenvalue weighted by Crippen LogP contribution is 2.40. The van der Waals surface area contributed by atoms with Crippen molar-refractivity contribution in [3.05, 3.63) is 11.4 Å². The molecular weight excluding hydrogens is 240 g/mol. The molecular formula is C14H22N4O. The Morgan fingerprint density at radius 3 is 2.58 bits per heavy atom. The van der Waals surface area contributed by atoms with Crippen molar-refractivity contribution in [1.29, 1.82) is 0 Å². The van der Waals surface area contributed by atoms with E-state index in [-0.39, 0.29) is 6.10 Å². The van der Waals surface area contributed by atoms with Crippen molar-refractivity contribution in [2.45, 2.75) is 51.2 Å². The number of nitrogens with zero attached hydrogens (tertiary/aromatic N) is 3. The maximum atomic E-state index is 6.05. The molecule has 0 radical (unpaired) electrons. The van der Waals surface area contributed by atoms with Gasteiger partial charge in [-0.05, 0) is 33.1 Å². The molecule has 1 aliphatic carbocycles. The van der Waals surface area contributed by atoms with Crippen LogP contribution in [0.4, 0.5) is 11.6 Å². The van der Waals surface area contributed by atoms with Crippen LogP contribution in [-0.2, 0) is 4.74 Å². The molecule has 3 rings (SSSR count). The van der Waals surface area contributed by atoms with Gasteiger partial charge in [0.2, 0.25) is 0 Å². The average molecular weight is 262 g/mol. The van der Waals surface area contributed by atoms with Crippen LogP contribution in [0.3, 0.4) is 0 Å². The number of nitrogen functional groups attached to an aromatic ring is 1. The molecule has 1 saturated carbocycles. The summed E-state index contributed by atoms with van der Waals surface area (Å²) in [6, 6.07) is 0.375. The van der Waals surface area contributed by atoms with Gasteiger partial charge >= 0.3 is 0 Å². The number of nitrogens with two attached hydrogens (primary N) is 1. The van der Waals surface area contributed by atoms with Crippen LogP contribution < -0.4 is 10.6 Å². The van der Waals surface area contributed by atoms with E-state index in [0.717, 1.165) is 30.2 Å². The number of rotatable bonds is 3. The lowest BCUT2D eigenvalue weighted by molar-refractivity contribution is 0.118. The molecule has 2 N–H and O–H groups in total. The van der Waals surface area contributed by atoms with Crippen LogP contribution in [0.1, 0.15) is 43.5 Å². The Bertz CT molecular complexity index is 487. The highest BCUT2D eigenvalue weighted by Gasteiger charge is 2.32. The van der Waals surface area contributed by atoms with Gasteiger partial charge in [0.05, 0.1) is 12.1 Å². The zero-order chi connectivity index (χ0) is 13.6. The number of hydrogen-bond donors (Lipinski definition) is 1. The Morgan fingerprint density at radius 1 is 1.26 bits per heavy atom. The van der Waals surface area contributed by atoms with E-state index in [2.05, 4.69) is 23.9 Å². The van der Waals surface area contributed by atoms with Gasteiger partial charge in [0.15, 0.2) is 0 Å². The van der Waals surface area contributed by atoms with E-state index in [4.69, 9.17) is 15.5 Å². The molecule has 0 bridgehead atoms. The van der Waals surface area contributed by atoms with Crippen molar-refractivity contribution in [1.82, 2.24) is 9.97 Å². The monoisotopic (exact) mass is 262 g/mol. The van der Waals surface area contributed by atoms with Gasteiger partial charge in [0, 0.05) is 25.1 Å². The Morgan fingerprint density at radius 2 is 2.00 bits per heavy atom. The lowest BCUT2D eigenvalue weighted by Gasteiger charge is -2.29. The lowest BCUT2D eigenvalue weighted by atomic mass is 10.1. The Labute approximate surface area is 114 Å². The topological polar surface area (TPSA) is 64.3 Å². The summed E-state index contributed by atoms with van der Waals surface area (Å²) in [4.78, 5) is 11.4. The van der Waals surface area contributed by atoms with Crippen LogP contribution in [0.25, 0.3) is 0 Å². The van der Waals surface area contributed by atoms with Gasteiger partial charge in [0.25, 0.3) is 0 Å². The van der Waals surface area contributed by atoms with Crippen molar-refractivity contribution < 1.29 is 4.74 Å². The van der Waals surface area contributed by atoms with Gasteiger partial charge in [-0.1, -0.05) is 0 Å². The minimum absolute atomic E-state index is 0.241. The van der Waals surface area contributed by atoms with E-state index < -0.39 is 0 Å². The molecule has 0 aromatic carbocycles. The average Bonchev–Trinajstić information content (AvgIpc) is 3.14. The van der Waals surface area contributed by atoms with E-state index in [0.29, 0.717) is 17.8 Å². The van der Waals surface area contributed by atoms with Gasteiger partial charge in [-0.2, -0.15) is 0 Å². The van der Waals surface area contributed by atoms with Crippen LogP contribution in [0.2, 0.25) is 0 Å². The fourth-order valence-corrected chi connectivity index (χ4v) is 2.79. The Kier molecular flexibility index (Phi) is 3.09. The molecule has 2 aliphatic rings. The molecule has 5 nitrogen and oxygen atoms in total. The second kappa shape index (κ2) is 4.63. The first-order chi connectivity index (χ1) is 9.08. The SMILES string of the molecule is Cc1c(N)nc(C2CC2)nc1N(C)C1CCOC1C. The zero-order valence-corrected chi connectivity index (χ0v) is 11.9. The maximum absolute atomic E-state index is 6.05. The van der Waals surface area contributed by atoms with Crippen LogP contribution >= 0.6 is 0 Å². The first kappa shape index (κ1) is 12.7. The summed E-state index contributed by atoms with van der Waals surface area (Å²) < 4.78 is 5.65. The number of ether oxygens (including phenoxy) is 1. The van der Waals surface area contributed by atoms with Crippen molar-refractivity contribution in [2.24, 2.45) is 0 Å². The standard InChI is InChI=1S/C14H22N4O/c1-8-12(15)16-13(10-4-5-10)17-14(8)18(3)11-6-7-19-9(11)2/h9-11H,4-7H2,1-3H3,(H2,15,16,17). The third-order valence-electron chi connectivity index (χ3n) is 4.29. The molecule has 0 amide bonds. The number of hydrogen-bond acceptors (Lipinski definition) is 5. The normalized spacial score (nSPS) is 26.7. The third-order valence-corrected chi connectivity index (χ3v) is 4.29. The molecule has 2 fully saturated rings. The van der Waals surface area contributed by atoms with Gasteiger partial charge in [-0.3, -0.25) is 0 Å². The minimum Gasteiger partial charge on any atom is -0.383 e. The van der Waals surface area contributed by atoms with E-state index >= 15 is 0 Å². The summed E-state index contributed by atoms with van der Waals surface area (Å²) in [5.74, 6) is 3.02. The summed E-state index contributed by atoms with van der Waals surface area (Å²) in [7, 11) is 2.08. The molecule has 5 heteroatoms. The summed E-state index contributed by atoms with van der Waals surface area (Å²) in [6.07, 6.45) is 3.66. The molecule has 2 heterocycles. The highest BCUT2D eigenvalue weighted by molar-refractivity contribution is 5.57. The van der Waals surface area contributed by atoms with Gasteiger partial charge in [0.1, 0.15) is 17.5 Å². The zero-order valence-electron chi connectivity index (χ0n) is 11.9. The molecule has 1 aromatic heterocycles. The second-order valence-corrected chi connectivity index (χ2v) is 5.73. The predicted molar refractivity (Wildman–Crippen MR) is 75.4 cm³/mol. The quantitative estimate of drug-likeness (QED) is 0.900. The largest absolute Gasteiger partial charge is 0.383 e. The van der Waals surface area contributed by atoms with Crippen LogP contribution in [-0.4, -0.2) is 35.8 Å². The fourth-order valence-electron chi connectivity index (χ4n) is 2.79. The third kappa shape index (κ3) is 2.27. The summed E-state index contributed by atoms with van der Waals surface area (Å²) in [6.45, 7) is 4.94. The number of anilines is 2. The van der Waals surface area contributed by atoms with Gasteiger partial charge in [-0.15, -0.1) is 0 Å². The van der Waals surface area contributed by atoms with Crippen molar-refractivity contribution in [2.75, 3.05) is 24.3 Å². The second-order valence-electron chi connectivity index (χ2n) is 5.73. The van der Waals surface area contributed by atoms with Gasteiger partial charge < -0.3 is 15.4 Å². The molecule has 0 spiro atoms. The Balaban J connectivity index is 1.93. The van der Waals surface area contributed by atoms with Gasteiger partial charge in [-0.25, -0.2) is 9.97 Å². The molecule has 1 aromatic rings. The molecule has 2 unspecified atom stereocenters.